The van der Waals surface area contributed by atoms with Crippen LogP contribution in [0.4, 0.5) is 4.39 Å². The van der Waals surface area contributed by atoms with Crippen molar-refractivity contribution in [3.8, 4) is 0 Å². The normalized spacial score (nSPS) is 18.9. The van der Waals surface area contributed by atoms with Crippen molar-refractivity contribution in [1.29, 1.82) is 0 Å². The highest BCUT2D eigenvalue weighted by atomic mass is 35.5. The number of aliphatic carboxylic acids is 1. The molecular formula is C11H8ClFN2O2. The lowest BCUT2D eigenvalue weighted by molar-refractivity contribution is -0.137. The van der Waals surface area contributed by atoms with E-state index in [9.17, 15) is 9.18 Å². The minimum atomic E-state index is -1.12. The zero-order valence-corrected chi connectivity index (χ0v) is 9.57. The number of benzene rings is 1. The summed E-state index contributed by atoms with van der Waals surface area (Å²) in [6.07, 6.45) is 0. The summed E-state index contributed by atoms with van der Waals surface area (Å²) in [5.41, 5.74) is 0.354. The van der Waals surface area contributed by atoms with E-state index in [-0.39, 0.29) is 16.3 Å². The lowest BCUT2D eigenvalue weighted by atomic mass is 9.93. The van der Waals surface area contributed by atoms with Crippen LogP contribution in [0.1, 0.15) is 12.5 Å². The van der Waals surface area contributed by atoms with E-state index in [1.807, 2.05) is 0 Å². The molecule has 0 saturated heterocycles. The summed E-state index contributed by atoms with van der Waals surface area (Å²) >= 11 is 5.86. The number of hydrogen-bond donors (Lipinski definition) is 1. The Morgan fingerprint density at radius 3 is 2.76 bits per heavy atom. The zero-order chi connectivity index (χ0) is 12.6. The molecule has 1 unspecified atom stereocenters. The van der Waals surface area contributed by atoms with Gasteiger partial charge in [0.1, 0.15) is 11.7 Å². The monoisotopic (exact) mass is 254 g/mol. The van der Waals surface area contributed by atoms with E-state index in [2.05, 4.69) is 10.2 Å². The standard InChI is InChI=1S/C11H8ClFN2O2/c1-5-8(11(16)17)10(15-14-5)9-6(12)3-2-4-7(9)13/h2-4,8H,1H3,(H,16,17). The third-order valence-electron chi connectivity index (χ3n) is 2.47. The summed E-state index contributed by atoms with van der Waals surface area (Å²) in [5, 5.41) is 16.6. The lowest BCUT2D eigenvalue weighted by Crippen LogP contribution is -2.28. The topological polar surface area (TPSA) is 62.0 Å². The lowest BCUT2D eigenvalue weighted by Gasteiger charge is -2.10. The van der Waals surface area contributed by atoms with Crippen LogP contribution in [-0.4, -0.2) is 22.5 Å². The van der Waals surface area contributed by atoms with Crippen LogP contribution in [0.25, 0.3) is 0 Å². The van der Waals surface area contributed by atoms with Gasteiger partial charge in [0.25, 0.3) is 0 Å². The first kappa shape index (κ1) is 11.7. The van der Waals surface area contributed by atoms with Gasteiger partial charge < -0.3 is 5.11 Å². The second-order valence-electron chi connectivity index (χ2n) is 3.59. The van der Waals surface area contributed by atoms with Gasteiger partial charge in [-0.05, 0) is 19.1 Å². The van der Waals surface area contributed by atoms with Crippen LogP contribution < -0.4 is 0 Å². The minimum Gasteiger partial charge on any atom is -0.480 e. The number of halogens is 2. The van der Waals surface area contributed by atoms with E-state index in [1.54, 1.807) is 0 Å². The molecule has 1 aliphatic rings. The van der Waals surface area contributed by atoms with Crippen LogP contribution in [0.3, 0.4) is 0 Å². The van der Waals surface area contributed by atoms with Crippen molar-refractivity contribution in [2.45, 2.75) is 6.92 Å². The van der Waals surface area contributed by atoms with Crippen molar-refractivity contribution < 1.29 is 14.3 Å². The molecule has 1 N–H and O–H groups in total. The van der Waals surface area contributed by atoms with Gasteiger partial charge in [-0.2, -0.15) is 10.2 Å². The van der Waals surface area contributed by atoms with Gasteiger partial charge in [0.2, 0.25) is 0 Å². The molecule has 4 nitrogen and oxygen atoms in total. The third-order valence-corrected chi connectivity index (χ3v) is 2.79. The van der Waals surface area contributed by atoms with Crippen molar-refractivity contribution in [2.24, 2.45) is 16.1 Å². The maximum atomic E-state index is 13.7. The van der Waals surface area contributed by atoms with Crippen LogP contribution in [-0.2, 0) is 4.79 Å². The van der Waals surface area contributed by atoms with Crippen molar-refractivity contribution in [2.75, 3.05) is 0 Å². The van der Waals surface area contributed by atoms with Crippen molar-refractivity contribution in [3.63, 3.8) is 0 Å². The maximum absolute atomic E-state index is 13.7. The Morgan fingerprint density at radius 1 is 1.47 bits per heavy atom. The van der Waals surface area contributed by atoms with Gasteiger partial charge in [-0.25, -0.2) is 4.39 Å². The average Bonchev–Trinajstić information content (AvgIpc) is 2.60. The number of carbonyl (C=O) groups is 1. The number of rotatable bonds is 2. The minimum absolute atomic E-state index is 0.00201. The molecule has 1 aromatic rings. The van der Waals surface area contributed by atoms with Gasteiger partial charge in [-0.1, -0.05) is 17.7 Å². The van der Waals surface area contributed by atoms with E-state index in [0.29, 0.717) is 5.71 Å². The zero-order valence-electron chi connectivity index (χ0n) is 8.82. The number of carboxylic acid groups (broad SMARTS) is 1. The molecule has 0 bridgehead atoms. The largest absolute Gasteiger partial charge is 0.480 e. The summed E-state index contributed by atoms with van der Waals surface area (Å²) in [5.74, 6) is -2.77. The fourth-order valence-corrected chi connectivity index (χ4v) is 1.94. The van der Waals surface area contributed by atoms with E-state index in [1.165, 1.54) is 25.1 Å². The predicted molar refractivity (Wildman–Crippen MR) is 62.2 cm³/mol. The molecule has 0 aliphatic carbocycles. The summed E-state index contributed by atoms with van der Waals surface area (Å²) in [6, 6.07) is 4.13. The molecular weight excluding hydrogens is 247 g/mol. The Morgan fingerprint density at radius 2 is 2.18 bits per heavy atom. The highest BCUT2D eigenvalue weighted by Gasteiger charge is 2.34. The Bertz CT molecular complexity index is 534. The predicted octanol–water partition coefficient (Wildman–Crippen LogP) is 2.36. The second kappa shape index (κ2) is 4.25. The first-order chi connectivity index (χ1) is 8.02. The first-order valence-electron chi connectivity index (χ1n) is 4.81. The fourth-order valence-electron chi connectivity index (χ4n) is 1.68. The van der Waals surface area contributed by atoms with E-state index in [0.717, 1.165) is 0 Å². The van der Waals surface area contributed by atoms with Gasteiger partial charge in [0.05, 0.1) is 22.0 Å². The highest BCUT2D eigenvalue weighted by Crippen LogP contribution is 2.26. The number of hydrogen-bond acceptors (Lipinski definition) is 3. The molecule has 1 aromatic carbocycles. The Hall–Kier alpha value is -1.75. The molecule has 6 heteroatoms. The Kier molecular flexibility index (Phi) is 2.93. The second-order valence-corrected chi connectivity index (χ2v) is 4.00. The number of nitrogens with zero attached hydrogens (tertiary/aromatic N) is 2. The molecule has 0 amide bonds. The van der Waals surface area contributed by atoms with Crippen LogP contribution in [0, 0.1) is 11.7 Å². The Labute approximate surface area is 101 Å². The van der Waals surface area contributed by atoms with Crippen molar-refractivity contribution in [3.05, 3.63) is 34.6 Å². The van der Waals surface area contributed by atoms with Crippen LogP contribution in [0.2, 0.25) is 5.02 Å². The molecule has 0 fully saturated rings. The summed E-state index contributed by atoms with van der Waals surface area (Å²) in [4.78, 5) is 11.1. The molecule has 0 saturated carbocycles. The van der Waals surface area contributed by atoms with E-state index in [4.69, 9.17) is 16.7 Å². The molecule has 17 heavy (non-hydrogen) atoms. The highest BCUT2D eigenvalue weighted by molar-refractivity contribution is 6.37. The van der Waals surface area contributed by atoms with Crippen molar-refractivity contribution in [1.82, 2.24) is 0 Å². The van der Waals surface area contributed by atoms with Gasteiger partial charge in [-0.3, -0.25) is 4.79 Å². The third kappa shape index (κ3) is 1.93. The smallest absolute Gasteiger partial charge is 0.318 e. The van der Waals surface area contributed by atoms with Crippen LogP contribution in [0.15, 0.2) is 28.4 Å². The molecule has 0 spiro atoms. The SMILES string of the molecule is CC1=NN=C(c2c(F)cccc2Cl)C1C(=O)O. The molecule has 1 heterocycles. The van der Waals surface area contributed by atoms with Crippen molar-refractivity contribution >= 4 is 29.0 Å². The fraction of sp³-hybridized carbons (Fsp3) is 0.182. The van der Waals surface area contributed by atoms with E-state index < -0.39 is 17.7 Å². The summed E-state index contributed by atoms with van der Waals surface area (Å²) in [6.45, 7) is 1.53. The summed E-state index contributed by atoms with van der Waals surface area (Å²) in [7, 11) is 0. The molecule has 0 aromatic heterocycles. The first-order valence-corrected chi connectivity index (χ1v) is 5.19. The van der Waals surface area contributed by atoms with Crippen LogP contribution in [0.5, 0.6) is 0 Å². The quantitative estimate of drug-likeness (QED) is 0.881. The van der Waals surface area contributed by atoms with E-state index >= 15 is 0 Å². The molecule has 1 atom stereocenters. The maximum Gasteiger partial charge on any atom is 0.318 e. The van der Waals surface area contributed by atoms with Gasteiger partial charge in [0.15, 0.2) is 0 Å². The van der Waals surface area contributed by atoms with Gasteiger partial charge in [0, 0.05) is 0 Å². The molecule has 1 aliphatic heterocycles. The Balaban J connectivity index is 2.53. The molecule has 88 valence electrons. The summed E-state index contributed by atoms with van der Waals surface area (Å²) < 4.78 is 13.7. The number of carboxylic acids is 1. The van der Waals surface area contributed by atoms with Crippen LogP contribution >= 0.6 is 11.6 Å². The van der Waals surface area contributed by atoms with Gasteiger partial charge in [-0.15, -0.1) is 0 Å². The molecule has 0 radical (unpaired) electrons. The van der Waals surface area contributed by atoms with Gasteiger partial charge >= 0.3 is 5.97 Å². The molecule has 2 rings (SSSR count). The average molecular weight is 255 g/mol.